The molecule has 0 radical (unpaired) electrons. The van der Waals surface area contributed by atoms with Gasteiger partial charge in [0.25, 0.3) is 0 Å². The molecule has 4 nitrogen and oxygen atoms in total. The monoisotopic (exact) mass is 387 g/mol. The van der Waals surface area contributed by atoms with E-state index in [0.717, 1.165) is 26.1 Å². The van der Waals surface area contributed by atoms with E-state index in [1.54, 1.807) is 6.26 Å². The molecule has 1 unspecified atom stereocenters. The lowest BCUT2D eigenvalue weighted by Crippen LogP contribution is -2.05. The first-order chi connectivity index (χ1) is 9.15. The van der Waals surface area contributed by atoms with Gasteiger partial charge in [-0.25, -0.2) is 4.98 Å². The fourth-order valence-electron chi connectivity index (χ4n) is 2.07. The van der Waals surface area contributed by atoms with Crippen LogP contribution in [-0.4, -0.2) is 14.7 Å². The molecule has 0 N–H and O–H groups in total. The topological polar surface area (TPSA) is 43.9 Å². The van der Waals surface area contributed by atoms with Crippen molar-refractivity contribution in [1.82, 2.24) is 14.7 Å². The largest absolute Gasteiger partial charge is 0.364 e. The molecule has 1 aromatic carbocycles. The van der Waals surface area contributed by atoms with Crippen LogP contribution in [0, 0.1) is 3.57 Å². The van der Waals surface area contributed by atoms with E-state index in [9.17, 15) is 0 Å². The summed E-state index contributed by atoms with van der Waals surface area (Å²) in [6.07, 6.45) is 1.57. The van der Waals surface area contributed by atoms with Crippen molar-refractivity contribution in [2.24, 2.45) is 0 Å². The molecule has 0 fully saturated rings. The molecule has 3 aromatic rings. The summed E-state index contributed by atoms with van der Waals surface area (Å²) >= 11 is 8.51. The summed E-state index contributed by atoms with van der Waals surface area (Å²) in [5.74, 6) is 0.849. The Bertz CT molecular complexity index is 706. The Labute approximate surface area is 128 Å². The molecule has 19 heavy (non-hydrogen) atoms. The zero-order valence-electron chi connectivity index (χ0n) is 10.2. The molecule has 98 valence electrons. The van der Waals surface area contributed by atoms with Crippen LogP contribution in [-0.2, 0) is 6.54 Å². The molecule has 0 saturated carbocycles. The van der Waals surface area contributed by atoms with Crippen molar-refractivity contribution in [3.63, 3.8) is 0 Å². The minimum absolute atomic E-state index is 0.156. The summed E-state index contributed by atoms with van der Waals surface area (Å²) in [5.41, 5.74) is 2.88. The number of nitrogens with zero attached hydrogens (tertiary/aromatic N) is 3. The van der Waals surface area contributed by atoms with Crippen LogP contribution in [0.2, 0.25) is 0 Å². The predicted molar refractivity (Wildman–Crippen MR) is 82.3 cm³/mol. The minimum atomic E-state index is -0.156. The second kappa shape index (κ2) is 5.13. The Kier molecular flexibility index (Phi) is 3.49. The third kappa shape index (κ3) is 2.49. The van der Waals surface area contributed by atoms with E-state index >= 15 is 0 Å². The molecular weight excluding hydrogens is 377 g/mol. The molecule has 2 heterocycles. The smallest absolute Gasteiger partial charge is 0.128 e. The van der Waals surface area contributed by atoms with Crippen LogP contribution in [0.3, 0.4) is 0 Å². The van der Waals surface area contributed by atoms with Crippen LogP contribution >= 0.6 is 34.2 Å². The number of fused-ring (bicyclic) bond motifs is 1. The van der Waals surface area contributed by atoms with E-state index in [4.69, 9.17) is 16.1 Å². The maximum atomic E-state index is 6.23. The van der Waals surface area contributed by atoms with E-state index < -0.39 is 0 Å². The van der Waals surface area contributed by atoms with Gasteiger partial charge in [-0.05, 0) is 47.7 Å². The van der Waals surface area contributed by atoms with Gasteiger partial charge in [0.15, 0.2) is 0 Å². The van der Waals surface area contributed by atoms with Gasteiger partial charge in [0.05, 0.1) is 23.0 Å². The van der Waals surface area contributed by atoms with Crippen molar-refractivity contribution < 1.29 is 4.52 Å². The van der Waals surface area contributed by atoms with Gasteiger partial charge < -0.3 is 9.09 Å². The van der Waals surface area contributed by atoms with Crippen molar-refractivity contribution in [1.29, 1.82) is 0 Å². The predicted octanol–water partition coefficient (Wildman–Crippen LogP) is 3.98. The number of hydrogen-bond donors (Lipinski definition) is 0. The summed E-state index contributed by atoms with van der Waals surface area (Å²) in [6, 6.07) is 8.03. The Hall–Kier alpha value is -1.08. The van der Waals surface area contributed by atoms with Crippen LogP contribution in [0.5, 0.6) is 0 Å². The lowest BCUT2D eigenvalue weighted by Gasteiger charge is -2.08. The summed E-state index contributed by atoms with van der Waals surface area (Å²) in [7, 11) is 0. The number of aromatic nitrogens is 3. The lowest BCUT2D eigenvalue weighted by molar-refractivity contribution is 0.409. The van der Waals surface area contributed by atoms with E-state index in [-0.39, 0.29) is 5.38 Å². The SMILES string of the molecule is CC(Cl)c1nc2cc(I)ccc2n1Cc1ccon1. The van der Waals surface area contributed by atoms with E-state index in [0.29, 0.717) is 6.54 Å². The molecule has 0 aliphatic heterocycles. The van der Waals surface area contributed by atoms with Crippen LogP contribution in [0.1, 0.15) is 23.8 Å². The summed E-state index contributed by atoms with van der Waals surface area (Å²) in [4.78, 5) is 4.62. The molecule has 0 spiro atoms. The molecule has 0 aliphatic rings. The molecule has 0 bridgehead atoms. The van der Waals surface area contributed by atoms with Crippen molar-refractivity contribution in [2.75, 3.05) is 0 Å². The van der Waals surface area contributed by atoms with E-state index in [1.807, 2.05) is 13.0 Å². The number of alkyl halides is 1. The first-order valence-electron chi connectivity index (χ1n) is 5.84. The molecule has 0 aliphatic carbocycles. The number of hydrogen-bond acceptors (Lipinski definition) is 3. The highest BCUT2D eigenvalue weighted by atomic mass is 127. The molecule has 6 heteroatoms. The van der Waals surface area contributed by atoms with Crippen LogP contribution in [0.15, 0.2) is 35.1 Å². The van der Waals surface area contributed by atoms with Crippen LogP contribution in [0.25, 0.3) is 11.0 Å². The Morgan fingerprint density at radius 1 is 1.42 bits per heavy atom. The maximum absolute atomic E-state index is 6.23. The summed E-state index contributed by atoms with van der Waals surface area (Å²) in [6.45, 7) is 2.53. The highest BCUT2D eigenvalue weighted by molar-refractivity contribution is 14.1. The second-order valence-electron chi connectivity index (χ2n) is 4.30. The van der Waals surface area contributed by atoms with Gasteiger partial charge in [-0.2, -0.15) is 0 Å². The standard InChI is InChI=1S/C13H11ClIN3O/c1-8(14)13-16-11-6-9(15)2-3-12(11)18(13)7-10-4-5-19-17-10/h2-6,8H,7H2,1H3. The molecular formula is C13H11ClIN3O. The Morgan fingerprint density at radius 2 is 2.26 bits per heavy atom. The van der Waals surface area contributed by atoms with Gasteiger partial charge in [0, 0.05) is 9.64 Å². The third-order valence-corrected chi connectivity index (χ3v) is 3.77. The fraction of sp³-hybridized carbons (Fsp3) is 0.231. The quantitative estimate of drug-likeness (QED) is 0.504. The normalized spacial score (nSPS) is 13.0. The average Bonchev–Trinajstić information content (AvgIpc) is 2.97. The maximum Gasteiger partial charge on any atom is 0.128 e. The Morgan fingerprint density at radius 3 is 2.95 bits per heavy atom. The van der Waals surface area contributed by atoms with E-state index in [2.05, 4.69) is 55.5 Å². The zero-order valence-corrected chi connectivity index (χ0v) is 13.1. The highest BCUT2D eigenvalue weighted by Crippen LogP contribution is 2.26. The average molecular weight is 388 g/mol. The van der Waals surface area contributed by atoms with Gasteiger partial charge in [-0.3, -0.25) is 0 Å². The summed E-state index contributed by atoms with van der Waals surface area (Å²) in [5, 5.41) is 3.79. The third-order valence-electron chi connectivity index (χ3n) is 2.91. The van der Waals surface area contributed by atoms with Crippen molar-refractivity contribution in [2.45, 2.75) is 18.8 Å². The van der Waals surface area contributed by atoms with Crippen LogP contribution in [0.4, 0.5) is 0 Å². The lowest BCUT2D eigenvalue weighted by atomic mass is 10.3. The van der Waals surface area contributed by atoms with Gasteiger partial charge >= 0.3 is 0 Å². The fourth-order valence-corrected chi connectivity index (χ4v) is 2.71. The second-order valence-corrected chi connectivity index (χ2v) is 6.20. The zero-order chi connectivity index (χ0) is 13.4. The minimum Gasteiger partial charge on any atom is -0.364 e. The van der Waals surface area contributed by atoms with Crippen molar-refractivity contribution >= 4 is 45.2 Å². The van der Waals surface area contributed by atoms with Gasteiger partial charge in [-0.15, -0.1) is 11.6 Å². The molecule has 3 rings (SSSR count). The molecule has 0 amide bonds. The van der Waals surface area contributed by atoms with Crippen LogP contribution < -0.4 is 0 Å². The highest BCUT2D eigenvalue weighted by Gasteiger charge is 2.16. The number of rotatable bonds is 3. The molecule has 2 aromatic heterocycles. The Balaban J connectivity index is 2.16. The summed E-state index contributed by atoms with van der Waals surface area (Å²) < 4.78 is 8.12. The first-order valence-corrected chi connectivity index (χ1v) is 7.35. The molecule has 0 saturated heterocycles. The number of halogens is 2. The van der Waals surface area contributed by atoms with Gasteiger partial charge in [0.1, 0.15) is 17.8 Å². The van der Waals surface area contributed by atoms with Gasteiger partial charge in [0.2, 0.25) is 0 Å². The van der Waals surface area contributed by atoms with Gasteiger partial charge in [-0.1, -0.05) is 5.16 Å². The number of benzene rings is 1. The molecule has 1 atom stereocenters. The first kappa shape index (κ1) is 12.9. The number of imidazole rings is 1. The van der Waals surface area contributed by atoms with Crippen molar-refractivity contribution in [3.8, 4) is 0 Å². The van der Waals surface area contributed by atoms with Crippen molar-refractivity contribution in [3.05, 3.63) is 45.6 Å². The van der Waals surface area contributed by atoms with E-state index in [1.165, 1.54) is 0 Å².